The number of benzene rings is 1. The minimum Gasteiger partial charge on any atom is -0.212 e. The predicted octanol–water partition coefficient (Wildman–Crippen LogP) is 2.82. The third-order valence-electron chi connectivity index (χ3n) is 1.81. The molecule has 0 aliphatic rings. The highest BCUT2D eigenvalue weighted by atomic mass is 35.5. The Morgan fingerprint density at radius 1 is 1.25 bits per heavy atom. The van der Waals surface area contributed by atoms with Crippen molar-refractivity contribution in [2.24, 2.45) is 0 Å². The Kier molecular flexibility index (Phi) is 4.62. The van der Waals surface area contributed by atoms with Crippen molar-refractivity contribution < 1.29 is 8.42 Å². The molecular weight excluding hydrogens is 269 g/mol. The van der Waals surface area contributed by atoms with Gasteiger partial charge in [-0.15, -0.1) is 0 Å². The third-order valence-corrected chi connectivity index (χ3v) is 4.02. The van der Waals surface area contributed by atoms with Gasteiger partial charge in [0.15, 0.2) is 0 Å². The molecule has 1 aromatic carbocycles. The molecule has 1 rings (SSSR count). The highest BCUT2D eigenvalue weighted by molar-refractivity contribution is 7.88. The van der Waals surface area contributed by atoms with Crippen molar-refractivity contribution in [3.8, 4) is 0 Å². The third kappa shape index (κ3) is 3.94. The van der Waals surface area contributed by atoms with Gasteiger partial charge in [-0.05, 0) is 26.0 Å². The van der Waals surface area contributed by atoms with E-state index in [2.05, 4.69) is 4.72 Å². The number of halogens is 2. The van der Waals surface area contributed by atoms with Gasteiger partial charge in [0.25, 0.3) is 0 Å². The molecule has 0 aliphatic carbocycles. The van der Waals surface area contributed by atoms with E-state index >= 15 is 0 Å². The molecule has 90 valence electrons. The monoisotopic (exact) mass is 281 g/mol. The Morgan fingerprint density at radius 3 is 2.19 bits per heavy atom. The van der Waals surface area contributed by atoms with E-state index in [0.29, 0.717) is 15.6 Å². The molecule has 0 saturated carbocycles. The van der Waals surface area contributed by atoms with Crippen LogP contribution in [0, 0.1) is 0 Å². The van der Waals surface area contributed by atoms with E-state index in [-0.39, 0.29) is 11.8 Å². The van der Waals surface area contributed by atoms with Crippen LogP contribution in [0.4, 0.5) is 0 Å². The fourth-order valence-corrected chi connectivity index (χ4v) is 3.44. The van der Waals surface area contributed by atoms with Crippen LogP contribution < -0.4 is 4.72 Å². The van der Waals surface area contributed by atoms with Crippen molar-refractivity contribution in [2.45, 2.75) is 25.6 Å². The van der Waals surface area contributed by atoms with E-state index < -0.39 is 10.0 Å². The summed E-state index contributed by atoms with van der Waals surface area (Å²) in [4.78, 5) is 0. The Morgan fingerprint density at radius 2 is 1.75 bits per heavy atom. The Bertz CT molecular complexity index is 451. The number of rotatable bonds is 4. The van der Waals surface area contributed by atoms with Crippen LogP contribution in [0.1, 0.15) is 19.4 Å². The quantitative estimate of drug-likeness (QED) is 0.923. The molecular formula is C10H13Cl2NO2S. The average molecular weight is 282 g/mol. The summed E-state index contributed by atoms with van der Waals surface area (Å²) in [6.45, 7) is 3.51. The Labute approximate surface area is 106 Å². The van der Waals surface area contributed by atoms with Gasteiger partial charge < -0.3 is 0 Å². The molecule has 1 N–H and O–H groups in total. The zero-order valence-corrected chi connectivity index (χ0v) is 11.3. The number of hydrogen-bond donors (Lipinski definition) is 1. The summed E-state index contributed by atoms with van der Waals surface area (Å²) in [6.07, 6.45) is 0. The van der Waals surface area contributed by atoms with Gasteiger partial charge in [-0.1, -0.05) is 29.3 Å². The first kappa shape index (κ1) is 13.8. The van der Waals surface area contributed by atoms with Crippen LogP contribution in [0.3, 0.4) is 0 Å². The van der Waals surface area contributed by atoms with Crippen molar-refractivity contribution in [1.29, 1.82) is 0 Å². The molecule has 0 aromatic heterocycles. The van der Waals surface area contributed by atoms with Crippen molar-refractivity contribution in [3.63, 3.8) is 0 Å². The van der Waals surface area contributed by atoms with Crippen molar-refractivity contribution >= 4 is 33.2 Å². The number of hydrogen-bond acceptors (Lipinski definition) is 2. The summed E-state index contributed by atoms with van der Waals surface area (Å²) in [6, 6.07) is 4.77. The molecule has 3 nitrogen and oxygen atoms in total. The van der Waals surface area contributed by atoms with Gasteiger partial charge in [0.1, 0.15) is 0 Å². The topological polar surface area (TPSA) is 46.2 Å². The molecule has 0 atom stereocenters. The largest absolute Gasteiger partial charge is 0.216 e. The van der Waals surface area contributed by atoms with Gasteiger partial charge in [0.05, 0.1) is 5.75 Å². The van der Waals surface area contributed by atoms with Crippen molar-refractivity contribution in [3.05, 3.63) is 33.8 Å². The van der Waals surface area contributed by atoms with E-state index in [1.165, 1.54) is 0 Å². The van der Waals surface area contributed by atoms with Crippen LogP contribution in [0.2, 0.25) is 10.0 Å². The maximum absolute atomic E-state index is 11.7. The molecule has 0 radical (unpaired) electrons. The summed E-state index contributed by atoms with van der Waals surface area (Å²) in [5.41, 5.74) is 0.430. The molecule has 0 amide bonds. The van der Waals surface area contributed by atoms with Crippen LogP contribution in [0.25, 0.3) is 0 Å². The van der Waals surface area contributed by atoms with Crippen molar-refractivity contribution in [2.75, 3.05) is 0 Å². The standard InChI is InChI=1S/C10H13Cl2NO2S/c1-7(2)13-16(14,15)6-8-9(11)4-3-5-10(8)12/h3-5,7,13H,6H2,1-2H3. The van der Waals surface area contributed by atoms with E-state index in [0.717, 1.165) is 0 Å². The molecule has 0 spiro atoms. The lowest BCUT2D eigenvalue weighted by molar-refractivity contribution is 0.569. The molecule has 1 aromatic rings. The average Bonchev–Trinajstić information content (AvgIpc) is 2.09. The van der Waals surface area contributed by atoms with E-state index in [9.17, 15) is 8.42 Å². The van der Waals surface area contributed by atoms with Crippen LogP contribution >= 0.6 is 23.2 Å². The van der Waals surface area contributed by atoms with Gasteiger partial charge in [0.2, 0.25) is 10.0 Å². The van der Waals surface area contributed by atoms with E-state index in [4.69, 9.17) is 23.2 Å². The minimum atomic E-state index is -3.40. The SMILES string of the molecule is CC(C)NS(=O)(=O)Cc1c(Cl)cccc1Cl. The normalized spacial score (nSPS) is 12.1. The summed E-state index contributed by atoms with van der Waals surface area (Å²) < 4.78 is 25.8. The summed E-state index contributed by atoms with van der Waals surface area (Å²) in [5.74, 6) is -0.205. The lowest BCUT2D eigenvalue weighted by Crippen LogP contribution is -2.31. The maximum atomic E-state index is 11.7. The van der Waals surface area contributed by atoms with E-state index in [1.807, 2.05) is 0 Å². The minimum absolute atomic E-state index is 0.147. The molecule has 0 bridgehead atoms. The van der Waals surface area contributed by atoms with Crippen LogP contribution in [0.15, 0.2) is 18.2 Å². The molecule has 16 heavy (non-hydrogen) atoms. The van der Waals surface area contributed by atoms with E-state index in [1.54, 1.807) is 32.0 Å². The second-order valence-corrected chi connectivity index (χ2v) is 6.30. The van der Waals surface area contributed by atoms with Gasteiger partial charge in [-0.25, -0.2) is 13.1 Å². The fraction of sp³-hybridized carbons (Fsp3) is 0.400. The first-order chi connectivity index (χ1) is 7.32. The molecule has 0 heterocycles. The first-order valence-corrected chi connectivity index (χ1v) is 7.15. The number of sulfonamides is 1. The second kappa shape index (κ2) is 5.36. The maximum Gasteiger partial charge on any atom is 0.216 e. The highest BCUT2D eigenvalue weighted by Crippen LogP contribution is 2.25. The summed E-state index contributed by atoms with van der Waals surface area (Å²) >= 11 is 11.8. The van der Waals surface area contributed by atoms with Gasteiger partial charge in [-0.2, -0.15) is 0 Å². The van der Waals surface area contributed by atoms with Gasteiger partial charge in [0, 0.05) is 21.7 Å². The lowest BCUT2D eigenvalue weighted by Gasteiger charge is -2.11. The summed E-state index contributed by atoms with van der Waals surface area (Å²) in [5, 5.41) is 0.725. The molecule has 0 fully saturated rings. The van der Waals surface area contributed by atoms with Crippen molar-refractivity contribution in [1.82, 2.24) is 4.72 Å². The molecule has 0 aliphatic heterocycles. The number of nitrogens with one attached hydrogen (secondary N) is 1. The molecule has 0 unspecified atom stereocenters. The second-order valence-electron chi connectivity index (χ2n) is 3.73. The molecule has 6 heteroatoms. The van der Waals surface area contributed by atoms with Crippen LogP contribution in [-0.4, -0.2) is 14.5 Å². The van der Waals surface area contributed by atoms with Gasteiger partial charge >= 0.3 is 0 Å². The molecule has 0 saturated heterocycles. The smallest absolute Gasteiger partial charge is 0.212 e. The van der Waals surface area contributed by atoms with Gasteiger partial charge in [-0.3, -0.25) is 0 Å². The highest BCUT2D eigenvalue weighted by Gasteiger charge is 2.17. The van der Waals surface area contributed by atoms with Crippen LogP contribution in [-0.2, 0) is 15.8 Å². The Balaban J connectivity index is 2.97. The predicted molar refractivity (Wildman–Crippen MR) is 67.4 cm³/mol. The first-order valence-electron chi connectivity index (χ1n) is 4.75. The zero-order chi connectivity index (χ0) is 12.3. The Hall–Kier alpha value is -0.290. The lowest BCUT2D eigenvalue weighted by atomic mass is 10.2. The zero-order valence-electron chi connectivity index (χ0n) is 9.00. The van der Waals surface area contributed by atoms with Crippen LogP contribution in [0.5, 0.6) is 0 Å². The summed E-state index contributed by atoms with van der Waals surface area (Å²) in [7, 11) is -3.40. The fourth-order valence-electron chi connectivity index (χ4n) is 1.26.